The zero-order chi connectivity index (χ0) is 27.9. The van der Waals surface area contributed by atoms with Gasteiger partial charge in [-0.15, -0.1) is 5.10 Å². The molecule has 0 saturated carbocycles. The van der Waals surface area contributed by atoms with E-state index in [1.54, 1.807) is 36.4 Å². The molecule has 2 heterocycles. The molecule has 1 fully saturated rings. The van der Waals surface area contributed by atoms with Crippen LogP contribution in [-0.2, 0) is 9.59 Å². The van der Waals surface area contributed by atoms with Gasteiger partial charge in [0.15, 0.2) is 23.3 Å². The Bertz CT molecular complexity index is 1650. The number of rotatable bonds is 8. The van der Waals surface area contributed by atoms with Gasteiger partial charge in [0, 0.05) is 29.0 Å². The van der Waals surface area contributed by atoms with Gasteiger partial charge >= 0.3 is 0 Å². The van der Waals surface area contributed by atoms with Crippen LogP contribution < -0.4 is 25.5 Å². The van der Waals surface area contributed by atoms with E-state index < -0.39 is 5.91 Å². The summed E-state index contributed by atoms with van der Waals surface area (Å²) in [6.07, 6.45) is 4.66. The van der Waals surface area contributed by atoms with Gasteiger partial charge in [0.1, 0.15) is 0 Å². The van der Waals surface area contributed by atoms with Crippen LogP contribution >= 0.6 is 11.8 Å². The monoisotopic (exact) mass is 553 g/mol. The van der Waals surface area contributed by atoms with E-state index in [9.17, 15) is 14.4 Å². The Hall–Kier alpha value is -5.16. The number of benzene rings is 3. The van der Waals surface area contributed by atoms with E-state index in [2.05, 4.69) is 26.1 Å². The number of ether oxygens (including phenoxy) is 2. The molecule has 1 aromatic heterocycles. The first-order valence-electron chi connectivity index (χ1n) is 12.1. The molecule has 3 amide bonds. The van der Waals surface area contributed by atoms with Crippen LogP contribution in [0.25, 0.3) is 16.8 Å². The molecule has 0 atom stereocenters. The summed E-state index contributed by atoms with van der Waals surface area (Å²) in [6, 6.07) is 21.7. The molecule has 10 nitrogen and oxygen atoms in total. The minimum atomic E-state index is -0.423. The Balaban J connectivity index is 1.21. The van der Waals surface area contributed by atoms with Crippen LogP contribution in [0.1, 0.15) is 15.9 Å². The predicted molar refractivity (Wildman–Crippen MR) is 154 cm³/mol. The zero-order valence-corrected chi connectivity index (χ0v) is 22.0. The molecule has 5 rings (SSSR count). The number of methoxy groups -OCH3 is 1. The first-order chi connectivity index (χ1) is 19.5. The molecule has 40 heavy (non-hydrogen) atoms. The van der Waals surface area contributed by atoms with Crippen molar-refractivity contribution in [3.05, 3.63) is 101 Å². The van der Waals surface area contributed by atoms with Crippen LogP contribution in [0.2, 0.25) is 0 Å². The number of fused-ring (bicyclic) bond motifs is 1. The average Bonchev–Trinajstić information content (AvgIpc) is 3.34. The van der Waals surface area contributed by atoms with Gasteiger partial charge < -0.3 is 14.8 Å². The van der Waals surface area contributed by atoms with Gasteiger partial charge in [0.2, 0.25) is 0 Å². The lowest BCUT2D eigenvalue weighted by atomic mass is 10.1. The second-order valence-corrected chi connectivity index (χ2v) is 9.46. The average molecular weight is 554 g/mol. The lowest BCUT2D eigenvalue weighted by Crippen LogP contribution is -2.25. The molecule has 3 aromatic carbocycles. The zero-order valence-electron chi connectivity index (χ0n) is 21.2. The van der Waals surface area contributed by atoms with Crippen molar-refractivity contribution in [3.8, 4) is 11.5 Å². The fourth-order valence-corrected chi connectivity index (χ4v) is 4.64. The Kier molecular flexibility index (Phi) is 8.02. The van der Waals surface area contributed by atoms with Gasteiger partial charge in [-0.1, -0.05) is 42.5 Å². The maximum atomic E-state index is 12.6. The van der Waals surface area contributed by atoms with Gasteiger partial charge in [-0.25, -0.2) is 5.43 Å². The molecule has 0 spiro atoms. The number of carbonyl (C=O) groups is 3. The maximum Gasteiger partial charge on any atom is 0.271 e. The molecule has 4 aromatic rings. The minimum absolute atomic E-state index is 0.219. The van der Waals surface area contributed by atoms with Crippen LogP contribution in [0.4, 0.5) is 5.69 Å². The lowest BCUT2D eigenvalue weighted by molar-refractivity contribution is -0.118. The number of amides is 3. The highest BCUT2D eigenvalue weighted by Gasteiger charge is 2.24. The van der Waals surface area contributed by atoms with E-state index in [0.29, 0.717) is 33.2 Å². The van der Waals surface area contributed by atoms with Crippen LogP contribution in [0.3, 0.4) is 0 Å². The molecule has 200 valence electrons. The van der Waals surface area contributed by atoms with Crippen LogP contribution in [0.15, 0.2) is 95.2 Å². The van der Waals surface area contributed by atoms with E-state index in [1.807, 2.05) is 42.5 Å². The SMILES string of the molecule is COc1cc(/C=C2\S/C(=N/NC(=O)c3ccncc3)NC2=O)ccc1OCC(=O)Nc1cccc2ccccc12. The van der Waals surface area contributed by atoms with Gasteiger partial charge in [-0.3, -0.25) is 24.7 Å². The second kappa shape index (κ2) is 12.1. The largest absolute Gasteiger partial charge is 0.493 e. The Morgan fingerprint density at radius 3 is 2.65 bits per heavy atom. The lowest BCUT2D eigenvalue weighted by Gasteiger charge is -2.12. The summed E-state index contributed by atoms with van der Waals surface area (Å²) in [5.41, 5.74) is 4.17. The van der Waals surface area contributed by atoms with Crippen molar-refractivity contribution >= 4 is 57.2 Å². The Morgan fingerprint density at radius 2 is 1.82 bits per heavy atom. The second-order valence-electron chi connectivity index (χ2n) is 8.43. The summed E-state index contributed by atoms with van der Waals surface area (Å²) >= 11 is 1.08. The Morgan fingerprint density at radius 1 is 1.02 bits per heavy atom. The number of nitrogens with one attached hydrogen (secondary N) is 3. The van der Waals surface area contributed by atoms with Crippen molar-refractivity contribution in [2.75, 3.05) is 19.0 Å². The Labute approximate surface area is 233 Å². The number of nitrogens with zero attached hydrogens (tertiary/aromatic N) is 2. The third-order valence-electron chi connectivity index (χ3n) is 5.76. The van der Waals surface area contributed by atoms with Crippen molar-refractivity contribution in [2.24, 2.45) is 5.10 Å². The first-order valence-corrected chi connectivity index (χ1v) is 12.9. The molecular weight excluding hydrogens is 530 g/mol. The third-order valence-corrected chi connectivity index (χ3v) is 6.67. The standard InChI is InChI=1S/C29H23N5O5S/c1-38-24-15-18(16-25-28(37)32-29(40-25)34-33-27(36)20-11-13-30-14-12-20)9-10-23(24)39-17-26(35)31-22-8-4-6-19-5-2-3-7-21(19)22/h2-16H,17H2,1H3,(H,31,35)(H,33,36)(H,32,34,37)/b25-16-. The molecule has 1 aliphatic heterocycles. The molecule has 0 radical (unpaired) electrons. The normalized spacial score (nSPS) is 14.7. The maximum absolute atomic E-state index is 12.6. The predicted octanol–water partition coefficient (Wildman–Crippen LogP) is 4.17. The number of amidine groups is 1. The molecule has 3 N–H and O–H groups in total. The van der Waals surface area contributed by atoms with Gasteiger partial charge in [-0.2, -0.15) is 0 Å². The van der Waals surface area contributed by atoms with Crippen LogP contribution in [-0.4, -0.2) is 41.6 Å². The van der Waals surface area contributed by atoms with E-state index in [-0.39, 0.29) is 23.6 Å². The van der Waals surface area contributed by atoms with Gasteiger partial charge in [-0.05, 0) is 59.1 Å². The highest BCUT2D eigenvalue weighted by atomic mass is 32.2. The smallest absolute Gasteiger partial charge is 0.271 e. The number of carbonyl (C=O) groups excluding carboxylic acids is 3. The quantitative estimate of drug-likeness (QED) is 0.221. The summed E-state index contributed by atoms with van der Waals surface area (Å²) in [5.74, 6) is -0.317. The van der Waals surface area contributed by atoms with Crippen molar-refractivity contribution in [2.45, 2.75) is 0 Å². The first kappa shape index (κ1) is 26.4. The fraction of sp³-hybridized carbons (Fsp3) is 0.0690. The molecule has 1 saturated heterocycles. The molecule has 1 aliphatic rings. The fourth-order valence-electron chi connectivity index (χ4n) is 3.86. The summed E-state index contributed by atoms with van der Waals surface area (Å²) < 4.78 is 11.2. The van der Waals surface area contributed by atoms with Crippen LogP contribution in [0, 0.1) is 0 Å². The number of hydrazone groups is 1. The van der Waals surface area contributed by atoms with Gasteiger partial charge in [0.05, 0.1) is 12.0 Å². The minimum Gasteiger partial charge on any atom is -0.493 e. The summed E-state index contributed by atoms with van der Waals surface area (Å²) in [7, 11) is 1.49. The van der Waals surface area contributed by atoms with E-state index >= 15 is 0 Å². The van der Waals surface area contributed by atoms with Crippen molar-refractivity contribution in [1.29, 1.82) is 0 Å². The highest BCUT2D eigenvalue weighted by molar-refractivity contribution is 8.18. The number of hydrogen-bond acceptors (Lipinski definition) is 8. The van der Waals surface area contributed by atoms with Crippen molar-refractivity contribution < 1.29 is 23.9 Å². The highest BCUT2D eigenvalue weighted by Crippen LogP contribution is 2.32. The summed E-state index contributed by atoms with van der Waals surface area (Å²) in [5, 5.41) is 11.7. The number of anilines is 1. The molecule has 11 heteroatoms. The number of hydrogen-bond donors (Lipinski definition) is 3. The summed E-state index contributed by atoms with van der Waals surface area (Å²) in [6.45, 7) is -0.219. The van der Waals surface area contributed by atoms with E-state index in [0.717, 1.165) is 22.5 Å². The van der Waals surface area contributed by atoms with E-state index in [1.165, 1.54) is 19.5 Å². The molecular formula is C29H23N5O5S. The number of pyridine rings is 1. The molecule has 0 unspecified atom stereocenters. The van der Waals surface area contributed by atoms with Crippen molar-refractivity contribution in [3.63, 3.8) is 0 Å². The third kappa shape index (κ3) is 6.27. The molecule has 0 bridgehead atoms. The summed E-state index contributed by atoms with van der Waals surface area (Å²) in [4.78, 5) is 41.4. The van der Waals surface area contributed by atoms with Crippen molar-refractivity contribution in [1.82, 2.24) is 15.7 Å². The topological polar surface area (TPSA) is 131 Å². The van der Waals surface area contributed by atoms with Crippen LogP contribution in [0.5, 0.6) is 11.5 Å². The van der Waals surface area contributed by atoms with Gasteiger partial charge in [0.25, 0.3) is 17.7 Å². The molecule has 0 aliphatic carbocycles. The van der Waals surface area contributed by atoms with E-state index in [4.69, 9.17) is 9.47 Å². The number of aromatic nitrogens is 1. The number of thioether (sulfide) groups is 1.